The molecule has 27 heavy (non-hydrogen) atoms. The summed E-state index contributed by atoms with van der Waals surface area (Å²) in [4.78, 5) is 24.9. The number of hydrogen-bond donors (Lipinski definition) is 2. The number of rotatable bonds is 6. The van der Waals surface area contributed by atoms with Crippen LogP contribution in [0.4, 0.5) is 0 Å². The molecule has 0 aromatic heterocycles. The summed E-state index contributed by atoms with van der Waals surface area (Å²) in [5, 5.41) is 18.6. The number of β-lactam (4-membered cyclic amide) rings is 1. The summed E-state index contributed by atoms with van der Waals surface area (Å²) < 4.78 is 30.9. The molecule has 0 aliphatic carbocycles. The van der Waals surface area contributed by atoms with Crippen molar-refractivity contribution in [1.82, 2.24) is 9.21 Å². The van der Waals surface area contributed by atoms with Gasteiger partial charge in [-0.2, -0.15) is 0 Å². The number of nitrogens with zero attached hydrogens (tertiary/aromatic N) is 2. The van der Waals surface area contributed by atoms with Crippen LogP contribution in [-0.2, 0) is 19.6 Å². The summed E-state index contributed by atoms with van der Waals surface area (Å²) in [6, 6.07) is 5.52. The van der Waals surface area contributed by atoms with Gasteiger partial charge in [-0.25, -0.2) is 17.5 Å². The molecule has 1 amide bonds. The van der Waals surface area contributed by atoms with Crippen molar-refractivity contribution in [3.63, 3.8) is 0 Å². The fraction of sp³-hybridized carbons (Fsp3) is 0.375. The predicted molar refractivity (Wildman–Crippen MR) is 96.0 cm³/mol. The molecule has 0 radical (unpaired) electrons. The second-order valence-corrected chi connectivity index (χ2v) is 9.53. The standard InChI is InChI=1S/C16H18N2O7S2/c1-8(19)11-13(20)18-12(15(21)22)16(26-14(11)18)25-9-4-6-10(7-5-9)27(23,24)17(2)3/h4-8,11,14,19H,1-3H3,(H,21,22)/t8-,11+,14-/m1/s1. The number of carboxylic acid groups (broad SMARTS) is 1. The van der Waals surface area contributed by atoms with Gasteiger partial charge in [-0.05, 0) is 31.2 Å². The third-order valence-corrected chi connectivity index (χ3v) is 7.35. The Hall–Kier alpha value is -2.08. The molecule has 2 aliphatic heterocycles. The molecule has 1 aromatic rings. The highest BCUT2D eigenvalue weighted by atomic mass is 32.2. The molecule has 3 atom stereocenters. The van der Waals surface area contributed by atoms with Crippen molar-refractivity contribution in [2.75, 3.05) is 14.1 Å². The smallest absolute Gasteiger partial charge is 0.357 e. The first-order chi connectivity index (χ1) is 12.6. The molecule has 9 nitrogen and oxygen atoms in total. The number of carbonyl (C=O) groups is 2. The molecular formula is C16H18N2O7S2. The fourth-order valence-electron chi connectivity index (χ4n) is 2.82. The van der Waals surface area contributed by atoms with Crippen LogP contribution in [0.15, 0.2) is 39.9 Å². The first-order valence-corrected chi connectivity index (χ1v) is 10.2. The van der Waals surface area contributed by atoms with Crippen LogP contribution in [0.3, 0.4) is 0 Å². The van der Waals surface area contributed by atoms with Crippen LogP contribution < -0.4 is 4.74 Å². The van der Waals surface area contributed by atoms with E-state index in [1.165, 1.54) is 45.3 Å². The predicted octanol–water partition coefficient (Wildman–Crippen LogP) is 0.482. The third-order valence-electron chi connectivity index (χ3n) is 4.28. The number of aliphatic carboxylic acids is 1. The first-order valence-electron chi connectivity index (χ1n) is 7.91. The fourth-order valence-corrected chi connectivity index (χ4v) is 5.19. The van der Waals surface area contributed by atoms with Gasteiger partial charge in [0.05, 0.1) is 16.9 Å². The number of thioether (sulfide) groups is 1. The number of aliphatic hydroxyl groups is 1. The van der Waals surface area contributed by atoms with Crippen LogP contribution in [0.25, 0.3) is 0 Å². The van der Waals surface area contributed by atoms with E-state index in [0.29, 0.717) is 0 Å². The van der Waals surface area contributed by atoms with Gasteiger partial charge >= 0.3 is 5.97 Å². The lowest BCUT2D eigenvalue weighted by molar-refractivity contribution is -0.156. The molecule has 0 unspecified atom stereocenters. The van der Waals surface area contributed by atoms with Gasteiger partial charge in [0.25, 0.3) is 0 Å². The van der Waals surface area contributed by atoms with Gasteiger partial charge in [-0.15, -0.1) is 0 Å². The molecule has 146 valence electrons. The number of fused-ring (bicyclic) bond motifs is 1. The average molecular weight is 414 g/mol. The van der Waals surface area contributed by atoms with Crippen molar-refractivity contribution in [3.05, 3.63) is 35.1 Å². The van der Waals surface area contributed by atoms with Crippen molar-refractivity contribution >= 4 is 33.7 Å². The highest BCUT2D eigenvalue weighted by Crippen LogP contribution is 2.50. The summed E-state index contributed by atoms with van der Waals surface area (Å²) >= 11 is 1.04. The van der Waals surface area contributed by atoms with E-state index < -0.39 is 39.3 Å². The Morgan fingerprint density at radius 1 is 1.30 bits per heavy atom. The van der Waals surface area contributed by atoms with E-state index >= 15 is 0 Å². The summed E-state index contributed by atoms with van der Waals surface area (Å²) in [6.07, 6.45) is -0.906. The topological polar surface area (TPSA) is 124 Å². The second kappa shape index (κ2) is 6.82. The Morgan fingerprint density at radius 2 is 1.89 bits per heavy atom. The number of amides is 1. The van der Waals surface area contributed by atoms with Crippen LogP contribution in [-0.4, -0.2) is 65.3 Å². The Balaban J connectivity index is 1.85. The molecule has 2 aliphatic rings. The molecule has 2 heterocycles. The highest BCUT2D eigenvalue weighted by Gasteiger charge is 2.58. The molecular weight excluding hydrogens is 396 g/mol. The minimum absolute atomic E-state index is 0.0206. The Labute approximate surface area is 160 Å². The van der Waals surface area contributed by atoms with Crippen molar-refractivity contribution in [1.29, 1.82) is 0 Å². The lowest BCUT2D eigenvalue weighted by atomic mass is 9.92. The summed E-state index contributed by atoms with van der Waals surface area (Å²) in [5.41, 5.74) is -0.281. The summed E-state index contributed by atoms with van der Waals surface area (Å²) in [5.74, 6) is -2.24. The van der Waals surface area contributed by atoms with Gasteiger partial charge in [-0.3, -0.25) is 9.69 Å². The van der Waals surface area contributed by atoms with Gasteiger partial charge in [0.1, 0.15) is 11.1 Å². The minimum atomic E-state index is -3.59. The molecule has 0 spiro atoms. The number of sulfonamides is 1. The van der Waals surface area contributed by atoms with Crippen molar-refractivity contribution in [3.8, 4) is 5.75 Å². The minimum Gasteiger partial charge on any atom is -0.476 e. The van der Waals surface area contributed by atoms with E-state index in [2.05, 4.69) is 0 Å². The van der Waals surface area contributed by atoms with E-state index in [0.717, 1.165) is 21.0 Å². The number of benzene rings is 1. The SMILES string of the molecule is C[C@@H](O)[C@H]1C(=O)N2C(C(=O)O)=C(Oc3ccc(S(=O)(=O)N(C)C)cc3)S[C@H]12. The maximum atomic E-state index is 12.1. The number of carbonyl (C=O) groups excluding carboxylic acids is 1. The van der Waals surface area contributed by atoms with E-state index in [4.69, 9.17) is 4.74 Å². The summed E-state index contributed by atoms with van der Waals surface area (Å²) in [7, 11) is -0.760. The van der Waals surface area contributed by atoms with Gasteiger partial charge in [0.15, 0.2) is 10.8 Å². The molecule has 1 aromatic carbocycles. The highest BCUT2D eigenvalue weighted by molar-refractivity contribution is 8.03. The van der Waals surface area contributed by atoms with E-state index in [9.17, 15) is 28.2 Å². The van der Waals surface area contributed by atoms with E-state index in [1.54, 1.807) is 0 Å². The van der Waals surface area contributed by atoms with Crippen LogP contribution >= 0.6 is 11.8 Å². The largest absolute Gasteiger partial charge is 0.476 e. The van der Waals surface area contributed by atoms with Crippen molar-refractivity contribution in [2.45, 2.75) is 23.3 Å². The zero-order valence-corrected chi connectivity index (χ0v) is 16.3. The van der Waals surface area contributed by atoms with Crippen LogP contribution in [0.1, 0.15) is 6.92 Å². The zero-order chi connectivity index (χ0) is 20.1. The Morgan fingerprint density at radius 3 is 2.37 bits per heavy atom. The zero-order valence-electron chi connectivity index (χ0n) is 14.7. The number of hydrogen-bond acceptors (Lipinski definition) is 7. The Kier molecular flexibility index (Phi) is 4.97. The quantitative estimate of drug-likeness (QED) is 0.644. The van der Waals surface area contributed by atoms with Crippen molar-refractivity contribution in [2.24, 2.45) is 5.92 Å². The van der Waals surface area contributed by atoms with Crippen LogP contribution in [0, 0.1) is 5.92 Å². The number of ether oxygens (including phenoxy) is 1. The molecule has 0 saturated carbocycles. The van der Waals surface area contributed by atoms with Gasteiger partial charge in [-0.1, -0.05) is 11.8 Å². The molecule has 2 N–H and O–H groups in total. The normalized spacial score (nSPS) is 23.3. The first kappa shape index (κ1) is 19.7. The average Bonchev–Trinajstić information content (AvgIpc) is 2.89. The molecule has 1 saturated heterocycles. The van der Waals surface area contributed by atoms with Crippen LogP contribution in [0.5, 0.6) is 5.75 Å². The maximum absolute atomic E-state index is 12.1. The maximum Gasteiger partial charge on any atom is 0.357 e. The van der Waals surface area contributed by atoms with E-state index in [-0.39, 0.29) is 21.4 Å². The second-order valence-electron chi connectivity index (χ2n) is 6.29. The molecule has 0 bridgehead atoms. The third kappa shape index (κ3) is 3.20. The van der Waals surface area contributed by atoms with Crippen LogP contribution in [0.2, 0.25) is 0 Å². The molecule has 3 rings (SSSR count). The van der Waals surface area contributed by atoms with E-state index in [1.807, 2.05) is 0 Å². The molecule has 1 fully saturated rings. The summed E-state index contributed by atoms with van der Waals surface area (Å²) in [6.45, 7) is 1.48. The lowest BCUT2D eigenvalue weighted by Crippen LogP contribution is -2.60. The van der Waals surface area contributed by atoms with Gasteiger partial charge < -0.3 is 14.9 Å². The monoisotopic (exact) mass is 414 g/mol. The van der Waals surface area contributed by atoms with Gasteiger partial charge in [0, 0.05) is 14.1 Å². The molecule has 11 heteroatoms. The number of carboxylic acids is 1. The van der Waals surface area contributed by atoms with Gasteiger partial charge in [0.2, 0.25) is 15.9 Å². The Bertz CT molecular complexity index is 923. The lowest BCUT2D eigenvalue weighted by Gasteiger charge is -2.43. The van der Waals surface area contributed by atoms with Crippen molar-refractivity contribution < 1.29 is 33.0 Å². The number of aliphatic hydroxyl groups excluding tert-OH is 1.